The molecule has 2 aliphatic rings. The van der Waals surface area contributed by atoms with E-state index in [-0.39, 0.29) is 23.2 Å². The third kappa shape index (κ3) is 2.85. The van der Waals surface area contributed by atoms with Crippen LogP contribution in [0.2, 0.25) is 0 Å². The van der Waals surface area contributed by atoms with Crippen LogP contribution in [0.3, 0.4) is 0 Å². The van der Waals surface area contributed by atoms with E-state index in [1.54, 1.807) is 24.3 Å². The van der Waals surface area contributed by atoms with Crippen molar-refractivity contribution < 1.29 is 22.9 Å². The van der Waals surface area contributed by atoms with Crippen molar-refractivity contribution >= 4 is 32.9 Å². The molecule has 2 atom stereocenters. The zero-order valence-corrected chi connectivity index (χ0v) is 15.7. The summed E-state index contributed by atoms with van der Waals surface area (Å²) in [6.07, 6.45) is 0. The molecular formula is C18H17N3O6S. The topological polar surface area (TPSA) is 110 Å². The van der Waals surface area contributed by atoms with E-state index >= 15 is 0 Å². The number of para-hydroxylation sites is 2. The molecule has 10 heteroatoms. The number of carbonyl (C=O) groups is 1. The van der Waals surface area contributed by atoms with Gasteiger partial charge >= 0.3 is 6.03 Å². The Labute approximate surface area is 161 Å². The number of non-ortho nitro benzene ring substituents is 1. The van der Waals surface area contributed by atoms with E-state index in [1.807, 2.05) is 0 Å². The molecule has 0 aliphatic carbocycles. The summed E-state index contributed by atoms with van der Waals surface area (Å²) in [5.74, 6) is 0.154. The highest BCUT2D eigenvalue weighted by atomic mass is 32.2. The lowest BCUT2D eigenvalue weighted by molar-refractivity contribution is -0.384. The molecule has 0 N–H and O–H groups in total. The number of ether oxygens (including phenoxy) is 1. The molecule has 2 aliphatic heterocycles. The predicted molar refractivity (Wildman–Crippen MR) is 103 cm³/mol. The second kappa shape index (κ2) is 6.48. The largest absolute Gasteiger partial charge is 0.495 e. The lowest BCUT2D eigenvalue weighted by atomic mass is 10.1. The number of nitro benzene ring substituents is 1. The number of amides is 2. The number of carbonyl (C=O) groups excluding carboxylic acids is 1. The van der Waals surface area contributed by atoms with Gasteiger partial charge in [-0.25, -0.2) is 13.2 Å². The number of benzene rings is 2. The summed E-state index contributed by atoms with van der Waals surface area (Å²) in [5.41, 5.74) is 0.805. The maximum absolute atomic E-state index is 13.3. The van der Waals surface area contributed by atoms with Crippen molar-refractivity contribution in [3.05, 3.63) is 58.6 Å². The molecule has 0 saturated carbocycles. The third-order valence-corrected chi connectivity index (χ3v) is 6.75. The van der Waals surface area contributed by atoms with Gasteiger partial charge in [-0.1, -0.05) is 12.1 Å². The maximum atomic E-state index is 13.3. The first-order chi connectivity index (χ1) is 13.3. The molecule has 2 aromatic rings. The summed E-state index contributed by atoms with van der Waals surface area (Å²) in [6, 6.07) is 10.9. The number of fused-ring (bicyclic) bond motifs is 1. The van der Waals surface area contributed by atoms with Gasteiger partial charge in [0.2, 0.25) is 0 Å². The molecule has 4 rings (SSSR count). The number of hydrogen-bond acceptors (Lipinski definition) is 6. The van der Waals surface area contributed by atoms with Crippen LogP contribution < -0.4 is 14.5 Å². The minimum absolute atomic E-state index is 0.104. The van der Waals surface area contributed by atoms with Crippen molar-refractivity contribution in [3.63, 3.8) is 0 Å². The molecule has 2 saturated heterocycles. The van der Waals surface area contributed by atoms with Crippen LogP contribution in [-0.2, 0) is 9.84 Å². The molecule has 2 heterocycles. The summed E-state index contributed by atoms with van der Waals surface area (Å²) >= 11 is 0. The Hall–Kier alpha value is -3.14. The summed E-state index contributed by atoms with van der Waals surface area (Å²) in [4.78, 5) is 26.5. The van der Waals surface area contributed by atoms with Crippen LogP contribution in [0.5, 0.6) is 5.75 Å². The molecule has 0 aromatic heterocycles. The molecular weight excluding hydrogens is 386 g/mol. The monoisotopic (exact) mass is 403 g/mol. The van der Waals surface area contributed by atoms with Crippen LogP contribution in [0.4, 0.5) is 21.9 Å². The molecule has 0 spiro atoms. The molecule has 0 bridgehead atoms. The van der Waals surface area contributed by atoms with E-state index in [2.05, 4.69) is 0 Å². The maximum Gasteiger partial charge on any atom is 0.329 e. The minimum atomic E-state index is -3.34. The van der Waals surface area contributed by atoms with Crippen molar-refractivity contribution in [2.45, 2.75) is 12.1 Å². The van der Waals surface area contributed by atoms with Crippen LogP contribution in [0, 0.1) is 10.1 Å². The van der Waals surface area contributed by atoms with Gasteiger partial charge in [-0.05, 0) is 24.3 Å². The number of methoxy groups -OCH3 is 1. The summed E-state index contributed by atoms with van der Waals surface area (Å²) < 4.78 is 30.0. The molecule has 0 unspecified atom stereocenters. The fraction of sp³-hybridized carbons (Fsp3) is 0.278. The second-order valence-electron chi connectivity index (χ2n) is 6.68. The van der Waals surface area contributed by atoms with Crippen LogP contribution >= 0.6 is 0 Å². The highest BCUT2D eigenvalue weighted by Gasteiger charge is 2.55. The Morgan fingerprint density at radius 2 is 1.64 bits per heavy atom. The van der Waals surface area contributed by atoms with Crippen LogP contribution in [0.1, 0.15) is 0 Å². The van der Waals surface area contributed by atoms with E-state index in [1.165, 1.54) is 41.2 Å². The van der Waals surface area contributed by atoms with Crippen molar-refractivity contribution in [3.8, 4) is 5.75 Å². The van der Waals surface area contributed by atoms with Crippen molar-refractivity contribution in [1.82, 2.24) is 0 Å². The van der Waals surface area contributed by atoms with Crippen LogP contribution in [0.15, 0.2) is 48.5 Å². The first-order valence-corrected chi connectivity index (χ1v) is 10.3. The Morgan fingerprint density at radius 3 is 2.25 bits per heavy atom. The lowest BCUT2D eigenvalue weighted by Gasteiger charge is -2.24. The van der Waals surface area contributed by atoms with Crippen molar-refractivity contribution in [2.75, 3.05) is 28.4 Å². The fourth-order valence-corrected chi connectivity index (χ4v) is 5.77. The Balaban J connectivity index is 1.80. The number of urea groups is 1. The Kier molecular flexibility index (Phi) is 4.22. The van der Waals surface area contributed by atoms with E-state index in [0.29, 0.717) is 17.1 Å². The summed E-state index contributed by atoms with van der Waals surface area (Å²) in [5, 5.41) is 10.9. The predicted octanol–water partition coefficient (Wildman–Crippen LogP) is 2.22. The average molecular weight is 403 g/mol. The van der Waals surface area contributed by atoms with Gasteiger partial charge < -0.3 is 4.74 Å². The van der Waals surface area contributed by atoms with Crippen LogP contribution in [0.25, 0.3) is 0 Å². The minimum Gasteiger partial charge on any atom is -0.495 e. The molecule has 0 radical (unpaired) electrons. The summed E-state index contributed by atoms with van der Waals surface area (Å²) in [7, 11) is -1.85. The Bertz CT molecular complexity index is 1050. The standard InChI is InChI=1S/C18H17N3O6S/c1-27-17-5-3-2-4-14(17)20-16-11-28(25,26)10-15(16)19(18(20)22)12-6-8-13(9-7-12)21(23)24/h2-9,15-16H,10-11H2,1H3/t15-,16+/m0/s1. The molecule has 2 aromatic carbocycles. The quantitative estimate of drug-likeness (QED) is 0.440. The number of nitro groups is 1. The van der Waals surface area contributed by atoms with Gasteiger partial charge in [0.25, 0.3) is 5.69 Å². The molecule has 28 heavy (non-hydrogen) atoms. The highest BCUT2D eigenvalue weighted by Crippen LogP contribution is 2.41. The average Bonchev–Trinajstić information content (AvgIpc) is 3.10. The van der Waals surface area contributed by atoms with E-state index in [4.69, 9.17) is 4.74 Å². The van der Waals surface area contributed by atoms with Gasteiger partial charge in [0.05, 0.1) is 41.3 Å². The van der Waals surface area contributed by atoms with Crippen LogP contribution in [-0.4, -0.2) is 50.1 Å². The number of rotatable bonds is 4. The number of hydrogen-bond donors (Lipinski definition) is 0. The molecule has 146 valence electrons. The SMILES string of the molecule is COc1ccccc1N1C(=O)N(c2ccc([N+](=O)[O-])cc2)[C@H]2CS(=O)(=O)C[C@H]21. The molecule has 2 fully saturated rings. The van der Waals surface area contributed by atoms with E-state index in [9.17, 15) is 23.3 Å². The zero-order valence-electron chi connectivity index (χ0n) is 14.9. The smallest absolute Gasteiger partial charge is 0.329 e. The second-order valence-corrected chi connectivity index (χ2v) is 8.83. The van der Waals surface area contributed by atoms with Gasteiger partial charge in [0.15, 0.2) is 9.84 Å². The number of sulfone groups is 1. The van der Waals surface area contributed by atoms with Gasteiger partial charge in [-0.3, -0.25) is 19.9 Å². The summed E-state index contributed by atoms with van der Waals surface area (Å²) in [6.45, 7) is 0. The van der Waals surface area contributed by atoms with Gasteiger partial charge in [-0.2, -0.15) is 0 Å². The highest BCUT2D eigenvalue weighted by molar-refractivity contribution is 7.91. The number of anilines is 2. The molecule has 9 nitrogen and oxygen atoms in total. The van der Waals surface area contributed by atoms with Crippen molar-refractivity contribution in [2.24, 2.45) is 0 Å². The van der Waals surface area contributed by atoms with Gasteiger partial charge in [-0.15, -0.1) is 0 Å². The zero-order chi connectivity index (χ0) is 20.1. The Morgan fingerprint density at radius 1 is 1.04 bits per heavy atom. The third-order valence-electron chi connectivity index (χ3n) is 5.05. The van der Waals surface area contributed by atoms with Gasteiger partial charge in [0, 0.05) is 17.8 Å². The first kappa shape index (κ1) is 18.2. The van der Waals surface area contributed by atoms with E-state index in [0.717, 1.165) is 0 Å². The first-order valence-electron chi connectivity index (χ1n) is 8.53. The van der Waals surface area contributed by atoms with Gasteiger partial charge in [0.1, 0.15) is 5.75 Å². The van der Waals surface area contributed by atoms with E-state index < -0.39 is 26.8 Å². The van der Waals surface area contributed by atoms with Crippen molar-refractivity contribution in [1.29, 1.82) is 0 Å². The number of nitrogens with zero attached hydrogens (tertiary/aromatic N) is 3. The normalized spacial score (nSPS) is 23.0. The lowest BCUT2D eigenvalue weighted by Crippen LogP contribution is -2.38. The molecule has 2 amide bonds. The fourth-order valence-electron chi connectivity index (χ4n) is 3.85.